The number of hydrogen-bond donors (Lipinski definition) is 2. The Morgan fingerprint density at radius 1 is 1.71 bits per heavy atom. The van der Waals surface area contributed by atoms with Gasteiger partial charge in [-0.25, -0.2) is 4.39 Å². The van der Waals surface area contributed by atoms with Crippen molar-refractivity contribution in [1.29, 1.82) is 0 Å². The number of allylic oxidation sites excluding steroid dienone is 2. The van der Waals surface area contributed by atoms with Crippen molar-refractivity contribution in [1.82, 2.24) is 5.32 Å². The van der Waals surface area contributed by atoms with Crippen molar-refractivity contribution in [2.45, 2.75) is 37.5 Å². The molecule has 0 aromatic heterocycles. The molecule has 0 saturated heterocycles. The lowest BCUT2D eigenvalue weighted by molar-refractivity contribution is -0.133. The van der Waals surface area contributed by atoms with E-state index in [9.17, 15) is 9.18 Å². The molecule has 0 spiro atoms. The Labute approximate surface area is 101 Å². The van der Waals surface area contributed by atoms with Crippen LogP contribution in [-0.2, 0) is 4.79 Å². The minimum Gasteiger partial charge on any atom is -0.366 e. The van der Waals surface area contributed by atoms with E-state index in [4.69, 9.17) is 5.73 Å². The number of carbonyl (C=O) groups is 1. The van der Waals surface area contributed by atoms with Crippen LogP contribution in [0.2, 0.25) is 0 Å². The number of alkyl halides is 1. The maximum Gasteiger partial charge on any atom is 0.270 e. The minimum atomic E-state index is -2.20. The van der Waals surface area contributed by atoms with Crippen LogP contribution in [0.4, 0.5) is 4.39 Å². The molecule has 1 unspecified atom stereocenters. The Kier molecular flexibility index (Phi) is 4.23. The highest BCUT2D eigenvalue weighted by Crippen LogP contribution is 2.26. The van der Waals surface area contributed by atoms with E-state index in [1.807, 2.05) is 12.2 Å². The highest BCUT2D eigenvalue weighted by molar-refractivity contribution is 5.83. The summed E-state index contributed by atoms with van der Waals surface area (Å²) < 4.78 is 14.4. The largest absolute Gasteiger partial charge is 0.366 e. The lowest BCUT2D eigenvalue weighted by atomic mass is 9.89. The number of halogens is 1. The molecule has 17 heavy (non-hydrogen) atoms. The van der Waals surface area contributed by atoms with Crippen LogP contribution in [-0.4, -0.2) is 17.2 Å². The molecule has 0 aliphatic heterocycles. The van der Waals surface area contributed by atoms with Crippen LogP contribution >= 0.6 is 0 Å². The molecule has 94 valence electrons. The standard InChI is InChI=1S/C13H19FN2O/c1-3-8-13(14,11(15)17)16-12(4-2)9-6-5-7-10-12/h4-7,9,16H,2-3,8,10H2,1H3,(H2,15,17)/t12-,13?/m1/s1. The Hall–Kier alpha value is -1.42. The van der Waals surface area contributed by atoms with E-state index in [2.05, 4.69) is 11.9 Å². The summed E-state index contributed by atoms with van der Waals surface area (Å²) in [6.45, 7) is 5.50. The van der Waals surface area contributed by atoms with E-state index >= 15 is 0 Å². The van der Waals surface area contributed by atoms with Crippen molar-refractivity contribution < 1.29 is 9.18 Å². The molecule has 1 aliphatic carbocycles. The van der Waals surface area contributed by atoms with Gasteiger partial charge in [-0.05, 0) is 6.42 Å². The first-order chi connectivity index (χ1) is 7.98. The first-order valence-electron chi connectivity index (χ1n) is 5.74. The summed E-state index contributed by atoms with van der Waals surface area (Å²) in [5.41, 5.74) is 4.39. The van der Waals surface area contributed by atoms with Crippen LogP contribution in [0.3, 0.4) is 0 Å². The van der Waals surface area contributed by atoms with Crippen molar-refractivity contribution in [3.8, 4) is 0 Å². The fourth-order valence-corrected chi connectivity index (χ4v) is 1.89. The number of nitrogens with two attached hydrogens (primary N) is 1. The van der Waals surface area contributed by atoms with Crippen molar-refractivity contribution in [3.63, 3.8) is 0 Å². The highest BCUT2D eigenvalue weighted by atomic mass is 19.1. The fourth-order valence-electron chi connectivity index (χ4n) is 1.89. The molecule has 4 heteroatoms. The van der Waals surface area contributed by atoms with Gasteiger partial charge in [-0.15, -0.1) is 6.58 Å². The van der Waals surface area contributed by atoms with Crippen LogP contribution in [0.1, 0.15) is 26.2 Å². The van der Waals surface area contributed by atoms with Crippen molar-refractivity contribution in [2.24, 2.45) is 5.73 Å². The molecule has 0 heterocycles. The number of primary amides is 1. The molecule has 3 N–H and O–H groups in total. The van der Waals surface area contributed by atoms with E-state index < -0.39 is 17.2 Å². The normalized spacial score (nSPS) is 26.5. The first-order valence-corrected chi connectivity index (χ1v) is 5.74. The molecule has 1 rings (SSSR count). The summed E-state index contributed by atoms with van der Waals surface area (Å²) in [5, 5.41) is 2.70. The lowest BCUT2D eigenvalue weighted by Crippen LogP contribution is -2.60. The second-order valence-electron chi connectivity index (χ2n) is 4.28. The zero-order valence-corrected chi connectivity index (χ0v) is 10.1. The van der Waals surface area contributed by atoms with Crippen LogP contribution in [0.25, 0.3) is 0 Å². The van der Waals surface area contributed by atoms with Gasteiger partial charge in [0, 0.05) is 6.42 Å². The summed E-state index contributed by atoms with van der Waals surface area (Å²) in [7, 11) is 0. The van der Waals surface area contributed by atoms with Gasteiger partial charge in [-0.1, -0.05) is 43.7 Å². The summed E-state index contributed by atoms with van der Waals surface area (Å²) >= 11 is 0. The number of nitrogens with one attached hydrogen (secondary N) is 1. The van der Waals surface area contributed by atoms with Gasteiger partial charge in [0.25, 0.3) is 5.91 Å². The molecular weight excluding hydrogens is 219 g/mol. The average Bonchev–Trinajstić information content (AvgIpc) is 2.30. The molecule has 0 saturated carbocycles. The zero-order chi connectivity index (χ0) is 12.9. The lowest BCUT2D eigenvalue weighted by Gasteiger charge is -2.36. The molecular formula is C13H19FN2O. The molecule has 0 bridgehead atoms. The Morgan fingerprint density at radius 3 is 2.82 bits per heavy atom. The summed E-state index contributed by atoms with van der Waals surface area (Å²) in [6.07, 6.45) is 10.1. The molecule has 2 atom stereocenters. The van der Waals surface area contributed by atoms with Crippen molar-refractivity contribution in [3.05, 3.63) is 37.0 Å². The Bertz CT molecular complexity index is 364. The van der Waals surface area contributed by atoms with E-state index in [1.165, 1.54) is 0 Å². The van der Waals surface area contributed by atoms with Crippen LogP contribution in [0, 0.1) is 0 Å². The van der Waals surface area contributed by atoms with Gasteiger partial charge in [-0.2, -0.15) is 0 Å². The number of amides is 1. The third kappa shape index (κ3) is 3.03. The predicted molar refractivity (Wildman–Crippen MR) is 66.9 cm³/mol. The second kappa shape index (κ2) is 5.27. The zero-order valence-electron chi connectivity index (χ0n) is 10.1. The van der Waals surface area contributed by atoms with Crippen LogP contribution in [0.15, 0.2) is 37.0 Å². The molecule has 1 aliphatic rings. The monoisotopic (exact) mass is 238 g/mol. The van der Waals surface area contributed by atoms with Crippen LogP contribution < -0.4 is 11.1 Å². The topological polar surface area (TPSA) is 55.1 Å². The predicted octanol–water partition coefficient (Wildman–Crippen LogP) is 1.97. The van der Waals surface area contributed by atoms with E-state index in [-0.39, 0.29) is 6.42 Å². The third-order valence-corrected chi connectivity index (χ3v) is 2.88. The number of hydrogen-bond acceptors (Lipinski definition) is 2. The maximum absolute atomic E-state index is 14.4. The van der Waals surface area contributed by atoms with E-state index in [1.54, 1.807) is 25.2 Å². The molecule has 0 aromatic carbocycles. The number of rotatable bonds is 6. The van der Waals surface area contributed by atoms with E-state index in [0.717, 1.165) is 0 Å². The Morgan fingerprint density at radius 2 is 2.41 bits per heavy atom. The Balaban J connectivity index is 2.92. The minimum absolute atomic E-state index is 0.0511. The maximum atomic E-state index is 14.4. The van der Waals surface area contributed by atoms with Gasteiger partial charge in [-0.3, -0.25) is 10.1 Å². The van der Waals surface area contributed by atoms with E-state index in [0.29, 0.717) is 12.8 Å². The summed E-state index contributed by atoms with van der Waals surface area (Å²) in [5.74, 6) is -3.18. The van der Waals surface area contributed by atoms with Crippen molar-refractivity contribution >= 4 is 5.91 Å². The second-order valence-corrected chi connectivity index (χ2v) is 4.28. The molecule has 1 amide bonds. The molecule has 0 fully saturated rings. The third-order valence-electron chi connectivity index (χ3n) is 2.88. The summed E-state index contributed by atoms with van der Waals surface area (Å²) in [6, 6.07) is 0. The molecule has 0 radical (unpaired) electrons. The fraction of sp³-hybridized carbons (Fsp3) is 0.462. The van der Waals surface area contributed by atoms with Gasteiger partial charge in [0.15, 0.2) is 0 Å². The molecule has 3 nitrogen and oxygen atoms in total. The van der Waals surface area contributed by atoms with Gasteiger partial charge < -0.3 is 5.73 Å². The first kappa shape index (κ1) is 13.6. The molecule has 0 aromatic rings. The van der Waals surface area contributed by atoms with Crippen molar-refractivity contribution in [2.75, 3.05) is 0 Å². The quantitative estimate of drug-likeness (QED) is 0.549. The highest BCUT2D eigenvalue weighted by Gasteiger charge is 2.41. The van der Waals surface area contributed by atoms with Gasteiger partial charge in [0.2, 0.25) is 5.79 Å². The van der Waals surface area contributed by atoms with Gasteiger partial charge in [0.1, 0.15) is 0 Å². The van der Waals surface area contributed by atoms with Crippen LogP contribution in [0.5, 0.6) is 0 Å². The van der Waals surface area contributed by atoms with Gasteiger partial charge in [0.05, 0.1) is 5.54 Å². The SMILES string of the molecule is C=C[C@@]1(NC(F)(CCC)C(N)=O)C=CC=CC1. The summed E-state index contributed by atoms with van der Waals surface area (Å²) in [4.78, 5) is 11.3. The average molecular weight is 238 g/mol. The van der Waals surface area contributed by atoms with Gasteiger partial charge >= 0.3 is 0 Å². The smallest absolute Gasteiger partial charge is 0.270 e. The number of carbonyl (C=O) groups excluding carboxylic acids is 1.